The van der Waals surface area contributed by atoms with Crippen molar-refractivity contribution in [3.63, 3.8) is 0 Å². The molecule has 0 radical (unpaired) electrons. The number of aromatic nitrogens is 2. The van der Waals surface area contributed by atoms with Crippen molar-refractivity contribution in [2.45, 2.75) is 18.5 Å². The second kappa shape index (κ2) is 7.97. The van der Waals surface area contributed by atoms with Gasteiger partial charge in [-0.3, -0.25) is 10.1 Å². The third-order valence-electron chi connectivity index (χ3n) is 4.98. The summed E-state index contributed by atoms with van der Waals surface area (Å²) in [6.45, 7) is 1.48. The van der Waals surface area contributed by atoms with Crippen LogP contribution in [0.1, 0.15) is 11.4 Å². The zero-order chi connectivity index (χ0) is 18.7. The monoisotopic (exact) mass is 401 g/mol. The van der Waals surface area contributed by atoms with Gasteiger partial charge in [-0.15, -0.1) is 11.3 Å². The highest BCUT2D eigenvalue weighted by Gasteiger charge is 2.36. The van der Waals surface area contributed by atoms with Crippen molar-refractivity contribution >= 4 is 40.2 Å². The molecule has 0 saturated carbocycles. The van der Waals surface area contributed by atoms with Crippen molar-refractivity contribution < 1.29 is 4.57 Å². The number of thiazole rings is 1. The average Bonchev–Trinajstić information content (AvgIpc) is 3.34. The molecule has 1 aliphatic rings. The van der Waals surface area contributed by atoms with Crippen LogP contribution in [0.2, 0.25) is 0 Å². The molecule has 0 aliphatic carbocycles. The zero-order valence-corrected chi connectivity index (χ0v) is 17.0. The Morgan fingerprint density at radius 1 is 1.30 bits per heavy atom. The fourth-order valence-electron chi connectivity index (χ4n) is 3.47. The summed E-state index contributed by atoms with van der Waals surface area (Å²) in [6.07, 6.45) is 6.14. The van der Waals surface area contributed by atoms with Crippen LogP contribution in [0.15, 0.2) is 42.7 Å². The SMILES string of the molecule is CNc1cnc(CC(CNc2cnc3ccccc3c2)P2(=O)CCCN2)s1. The van der Waals surface area contributed by atoms with Gasteiger partial charge in [-0.1, -0.05) is 18.2 Å². The number of pyridine rings is 1. The highest BCUT2D eigenvalue weighted by atomic mass is 32.1. The maximum absolute atomic E-state index is 13.4. The van der Waals surface area contributed by atoms with Gasteiger partial charge in [-0.25, -0.2) is 4.98 Å². The van der Waals surface area contributed by atoms with E-state index in [-0.39, 0.29) is 5.66 Å². The van der Waals surface area contributed by atoms with E-state index in [0.717, 1.165) is 45.7 Å². The van der Waals surface area contributed by atoms with Gasteiger partial charge in [-0.2, -0.15) is 0 Å². The van der Waals surface area contributed by atoms with Gasteiger partial charge in [0.15, 0.2) is 7.29 Å². The van der Waals surface area contributed by atoms with Crippen molar-refractivity contribution in [3.8, 4) is 0 Å². The number of fused-ring (bicyclic) bond motifs is 1. The highest BCUT2D eigenvalue weighted by molar-refractivity contribution is 7.63. The van der Waals surface area contributed by atoms with Crippen LogP contribution >= 0.6 is 18.6 Å². The maximum Gasteiger partial charge on any atom is 0.152 e. The fourth-order valence-corrected chi connectivity index (χ4v) is 7.24. The summed E-state index contributed by atoms with van der Waals surface area (Å²) in [5.41, 5.74) is 1.95. The van der Waals surface area contributed by atoms with Crippen LogP contribution in [0, 0.1) is 0 Å². The first-order valence-corrected chi connectivity index (χ1v) is 12.0. The van der Waals surface area contributed by atoms with Crippen LogP contribution < -0.4 is 15.7 Å². The number of para-hydroxylation sites is 1. The maximum atomic E-state index is 13.4. The molecule has 3 N–H and O–H groups in total. The number of benzene rings is 1. The van der Waals surface area contributed by atoms with Gasteiger partial charge in [0.1, 0.15) is 5.00 Å². The molecule has 0 bridgehead atoms. The molecule has 2 atom stereocenters. The van der Waals surface area contributed by atoms with Gasteiger partial charge in [0.2, 0.25) is 0 Å². The Morgan fingerprint density at radius 2 is 2.19 bits per heavy atom. The summed E-state index contributed by atoms with van der Waals surface area (Å²) in [7, 11) is -0.524. The lowest BCUT2D eigenvalue weighted by Gasteiger charge is -2.24. The number of hydrogen-bond acceptors (Lipinski definition) is 6. The first kappa shape index (κ1) is 18.4. The average molecular weight is 401 g/mol. The van der Waals surface area contributed by atoms with Crippen molar-refractivity contribution in [1.29, 1.82) is 0 Å². The summed E-state index contributed by atoms with van der Waals surface area (Å²) in [5.74, 6) is 0. The standard InChI is InChI=1S/C19H24N5OPS/c1-20-19-13-23-18(27-19)10-16(26(25)8-4-7-24-26)12-21-15-9-14-5-2-3-6-17(14)22-11-15/h2-3,5-6,9,11,13,16,20-21H,4,7-8,10,12H2,1H3,(H,24,25). The summed E-state index contributed by atoms with van der Waals surface area (Å²) in [6, 6.07) is 10.2. The lowest BCUT2D eigenvalue weighted by molar-refractivity contribution is 0.560. The molecule has 1 aliphatic heterocycles. The van der Waals surface area contributed by atoms with E-state index < -0.39 is 7.29 Å². The Kier molecular flexibility index (Phi) is 5.43. The minimum absolute atomic E-state index is 0.0160. The second-order valence-electron chi connectivity index (χ2n) is 6.80. The molecule has 3 aromatic rings. The largest absolute Gasteiger partial charge is 0.383 e. The summed E-state index contributed by atoms with van der Waals surface area (Å²) < 4.78 is 13.4. The molecular formula is C19H24N5OPS. The fraction of sp³-hybridized carbons (Fsp3) is 0.368. The number of nitrogens with zero attached hydrogens (tertiary/aromatic N) is 2. The smallest absolute Gasteiger partial charge is 0.152 e. The van der Waals surface area contributed by atoms with Crippen molar-refractivity contribution in [1.82, 2.24) is 15.1 Å². The van der Waals surface area contributed by atoms with E-state index in [1.54, 1.807) is 11.3 Å². The van der Waals surface area contributed by atoms with E-state index in [1.165, 1.54) is 0 Å². The van der Waals surface area contributed by atoms with E-state index in [2.05, 4.69) is 37.8 Å². The molecule has 142 valence electrons. The van der Waals surface area contributed by atoms with Gasteiger partial charge in [0, 0.05) is 43.8 Å². The van der Waals surface area contributed by atoms with Crippen LogP contribution in [0.25, 0.3) is 10.9 Å². The van der Waals surface area contributed by atoms with E-state index in [0.29, 0.717) is 13.0 Å². The molecule has 0 spiro atoms. The first-order chi connectivity index (χ1) is 13.2. The topological polar surface area (TPSA) is 78.9 Å². The number of rotatable bonds is 7. The van der Waals surface area contributed by atoms with Crippen LogP contribution in [0.3, 0.4) is 0 Å². The van der Waals surface area contributed by atoms with Crippen LogP contribution in [0.5, 0.6) is 0 Å². The molecular weight excluding hydrogens is 377 g/mol. The molecule has 3 heterocycles. The Labute approximate surface area is 163 Å². The van der Waals surface area contributed by atoms with Gasteiger partial charge in [0.05, 0.1) is 28.6 Å². The zero-order valence-electron chi connectivity index (χ0n) is 15.3. The third kappa shape index (κ3) is 4.15. The predicted octanol–water partition coefficient (Wildman–Crippen LogP) is 4.03. The van der Waals surface area contributed by atoms with E-state index in [1.807, 2.05) is 37.6 Å². The summed E-state index contributed by atoms with van der Waals surface area (Å²) in [4.78, 5) is 9.00. The molecule has 2 aromatic heterocycles. The molecule has 2 unspecified atom stereocenters. The van der Waals surface area contributed by atoms with Gasteiger partial charge >= 0.3 is 0 Å². The normalized spacial score (nSPS) is 20.6. The molecule has 1 aromatic carbocycles. The van der Waals surface area contributed by atoms with Crippen LogP contribution in [-0.4, -0.2) is 41.9 Å². The minimum Gasteiger partial charge on any atom is -0.383 e. The highest BCUT2D eigenvalue weighted by Crippen LogP contribution is 2.51. The summed E-state index contributed by atoms with van der Waals surface area (Å²) in [5, 5.41) is 13.0. The van der Waals surface area contributed by atoms with Gasteiger partial charge < -0.3 is 15.2 Å². The van der Waals surface area contributed by atoms with E-state index >= 15 is 0 Å². The second-order valence-corrected chi connectivity index (χ2v) is 11.0. The Hall–Kier alpha value is -1.95. The molecule has 8 heteroatoms. The third-order valence-corrected chi connectivity index (χ3v) is 9.30. The predicted molar refractivity (Wildman–Crippen MR) is 114 cm³/mol. The molecule has 27 heavy (non-hydrogen) atoms. The lowest BCUT2D eigenvalue weighted by Crippen LogP contribution is -2.27. The number of hydrogen-bond donors (Lipinski definition) is 3. The van der Waals surface area contributed by atoms with Crippen molar-refractivity contribution in [2.24, 2.45) is 0 Å². The minimum atomic E-state index is -2.42. The molecule has 4 rings (SSSR count). The van der Waals surface area contributed by atoms with Crippen LogP contribution in [0.4, 0.5) is 10.7 Å². The Morgan fingerprint density at radius 3 is 2.96 bits per heavy atom. The van der Waals surface area contributed by atoms with Crippen molar-refractivity contribution in [2.75, 3.05) is 36.9 Å². The molecule has 1 saturated heterocycles. The quantitative estimate of drug-likeness (QED) is 0.519. The van der Waals surface area contributed by atoms with Crippen molar-refractivity contribution in [3.05, 3.63) is 47.7 Å². The first-order valence-electron chi connectivity index (χ1n) is 9.21. The molecule has 0 amide bonds. The van der Waals surface area contributed by atoms with E-state index in [4.69, 9.17) is 0 Å². The molecule has 1 fully saturated rings. The molecule has 6 nitrogen and oxygen atoms in total. The van der Waals surface area contributed by atoms with Gasteiger partial charge in [-0.05, 0) is 18.6 Å². The number of nitrogens with one attached hydrogen (secondary N) is 3. The van der Waals surface area contributed by atoms with E-state index in [9.17, 15) is 4.57 Å². The lowest BCUT2D eigenvalue weighted by atomic mass is 10.2. The summed E-state index contributed by atoms with van der Waals surface area (Å²) >= 11 is 1.63. The Bertz CT molecular complexity index is 965. The van der Waals surface area contributed by atoms with Gasteiger partial charge in [0.25, 0.3) is 0 Å². The van der Waals surface area contributed by atoms with Crippen LogP contribution in [-0.2, 0) is 11.0 Å². The Balaban J connectivity index is 1.51. The number of anilines is 2.